The maximum absolute atomic E-state index is 12.6. The Morgan fingerprint density at radius 2 is 2.14 bits per heavy atom. The second-order valence-electron chi connectivity index (χ2n) is 5.08. The Balaban J connectivity index is 2.14. The van der Waals surface area contributed by atoms with E-state index in [1.165, 1.54) is 11.1 Å². The minimum Gasteiger partial charge on any atom is -0.341 e. The molecule has 1 fully saturated rings. The van der Waals surface area contributed by atoms with Crippen LogP contribution in [0.15, 0.2) is 23.1 Å². The van der Waals surface area contributed by atoms with Crippen LogP contribution in [0.1, 0.15) is 12.0 Å². The highest BCUT2D eigenvalue weighted by molar-refractivity contribution is 5.76. The average Bonchev–Trinajstić information content (AvgIpc) is 2.88. The molecule has 0 saturated carbocycles. The van der Waals surface area contributed by atoms with E-state index in [0.29, 0.717) is 25.7 Å². The van der Waals surface area contributed by atoms with Crippen molar-refractivity contribution >= 4 is 5.91 Å². The van der Waals surface area contributed by atoms with Gasteiger partial charge in [-0.3, -0.25) is 9.59 Å². The molecule has 2 N–H and O–H groups in total. The third kappa shape index (κ3) is 3.44. The van der Waals surface area contributed by atoms with Gasteiger partial charge in [0.15, 0.2) is 0 Å². The lowest BCUT2D eigenvalue weighted by Crippen LogP contribution is -2.37. The number of pyridine rings is 1. The first-order valence-electron chi connectivity index (χ1n) is 6.57. The maximum Gasteiger partial charge on any atom is 0.421 e. The van der Waals surface area contributed by atoms with Gasteiger partial charge in [0.25, 0.3) is 5.56 Å². The molecule has 1 saturated heterocycles. The van der Waals surface area contributed by atoms with E-state index in [4.69, 9.17) is 5.73 Å². The van der Waals surface area contributed by atoms with Crippen molar-refractivity contribution in [2.75, 3.05) is 19.6 Å². The van der Waals surface area contributed by atoms with E-state index in [1.807, 2.05) is 0 Å². The zero-order valence-electron chi connectivity index (χ0n) is 11.3. The lowest BCUT2D eigenvalue weighted by molar-refractivity contribution is -0.139. The minimum atomic E-state index is -4.72. The number of nitrogens with zero attached hydrogens (tertiary/aromatic N) is 2. The van der Waals surface area contributed by atoms with E-state index in [1.54, 1.807) is 0 Å². The monoisotopic (exact) mass is 303 g/mol. The molecule has 0 spiro atoms. The van der Waals surface area contributed by atoms with Gasteiger partial charge >= 0.3 is 6.18 Å². The van der Waals surface area contributed by atoms with Crippen LogP contribution in [0.3, 0.4) is 0 Å². The summed E-state index contributed by atoms with van der Waals surface area (Å²) in [6.45, 7) is 1.09. The number of carbonyl (C=O) groups excluding carboxylic acids is 1. The molecule has 5 nitrogen and oxygen atoms in total. The van der Waals surface area contributed by atoms with Gasteiger partial charge in [0.2, 0.25) is 5.91 Å². The van der Waals surface area contributed by atoms with Crippen LogP contribution in [0.25, 0.3) is 0 Å². The number of halogens is 3. The van der Waals surface area contributed by atoms with Crippen molar-refractivity contribution in [2.45, 2.75) is 19.1 Å². The second kappa shape index (κ2) is 5.88. The summed E-state index contributed by atoms with van der Waals surface area (Å²) in [5.74, 6) is -0.153. The summed E-state index contributed by atoms with van der Waals surface area (Å²) < 4.78 is 38.7. The Labute approximate surface area is 119 Å². The van der Waals surface area contributed by atoms with Crippen molar-refractivity contribution in [3.63, 3.8) is 0 Å². The van der Waals surface area contributed by atoms with Crippen molar-refractivity contribution in [3.8, 4) is 0 Å². The zero-order chi connectivity index (χ0) is 15.6. The van der Waals surface area contributed by atoms with Crippen molar-refractivity contribution in [1.29, 1.82) is 0 Å². The van der Waals surface area contributed by atoms with Crippen molar-refractivity contribution < 1.29 is 18.0 Å². The van der Waals surface area contributed by atoms with E-state index in [2.05, 4.69) is 0 Å². The number of hydrogen-bond donors (Lipinski definition) is 1. The first kappa shape index (κ1) is 15.6. The van der Waals surface area contributed by atoms with E-state index >= 15 is 0 Å². The summed E-state index contributed by atoms with van der Waals surface area (Å²) in [4.78, 5) is 25.3. The maximum atomic E-state index is 12.6. The summed E-state index contributed by atoms with van der Waals surface area (Å²) >= 11 is 0. The van der Waals surface area contributed by atoms with Crippen LogP contribution in [0.5, 0.6) is 0 Å². The molecular weight excluding hydrogens is 287 g/mol. The summed E-state index contributed by atoms with van der Waals surface area (Å²) in [5, 5.41) is 0. The molecule has 2 rings (SSSR count). The molecular formula is C13H16F3N3O2. The van der Waals surface area contributed by atoms with Crippen LogP contribution < -0.4 is 11.3 Å². The molecule has 21 heavy (non-hydrogen) atoms. The molecule has 8 heteroatoms. The fourth-order valence-corrected chi connectivity index (χ4v) is 2.37. The molecule has 0 aliphatic carbocycles. The van der Waals surface area contributed by atoms with Gasteiger partial charge in [-0.1, -0.05) is 0 Å². The van der Waals surface area contributed by atoms with Crippen LogP contribution in [0, 0.1) is 5.92 Å². The zero-order valence-corrected chi connectivity index (χ0v) is 11.3. The molecule has 0 bridgehead atoms. The Morgan fingerprint density at radius 3 is 2.71 bits per heavy atom. The quantitative estimate of drug-likeness (QED) is 0.892. The predicted molar refractivity (Wildman–Crippen MR) is 69.4 cm³/mol. The Morgan fingerprint density at radius 1 is 1.43 bits per heavy atom. The fourth-order valence-electron chi connectivity index (χ4n) is 2.37. The molecule has 0 radical (unpaired) electrons. The highest BCUT2D eigenvalue weighted by atomic mass is 19.4. The molecule has 1 aromatic heterocycles. The largest absolute Gasteiger partial charge is 0.421 e. The summed E-state index contributed by atoms with van der Waals surface area (Å²) in [7, 11) is 0. The molecule has 1 aliphatic rings. The molecule has 116 valence electrons. The standard InChI is InChI=1S/C13H16F3N3O2/c14-13(15,16)10-2-1-4-19(12(10)21)8-11(20)18-5-3-9(6-17)7-18/h1-2,4,9H,3,5-8,17H2/t9-/m1/s1. The van der Waals surface area contributed by atoms with Gasteiger partial charge in [-0.2, -0.15) is 13.2 Å². The Bertz CT molecular complexity index is 583. The van der Waals surface area contributed by atoms with Crippen molar-refractivity contribution in [1.82, 2.24) is 9.47 Å². The van der Waals surface area contributed by atoms with Crippen molar-refractivity contribution in [2.24, 2.45) is 11.7 Å². The number of alkyl halides is 3. The smallest absolute Gasteiger partial charge is 0.341 e. The van der Waals surface area contributed by atoms with Crippen LogP contribution in [0.4, 0.5) is 13.2 Å². The third-order valence-corrected chi connectivity index (χ3v) is 3.60. The van der Waals surface area contributed by atoms with Gasteiger partial charge in [-0.25, -0.2) is 0 Å². The van der Waals surface area contributed by atoms with E-state index in [-0.39, 0.29) is 18.4 Å². The molecule has 1 amide bonds. The Kier molecular flexibility index (Phi) is 4.36. The van der Waals surface area contributed by atoms with Gasteiger partial charge in [-0.15, -0.1) is 0 Å². The van der Waals surface area contributed by atoms with E-state index in [0.717, 1.165) is 17.1 Å². The van der Waals surface area contributed by atoms with E-state index in [9.17, 15) is 22.8 Å². The number of amides is 1. The predicted octanol–water partition coefficient (Wildman–Crippen LogP) is 0.674. The average molecular weight is 303 g/mol. The molecule has 0 aromatic carbocycles. The van der Waals surface area contributed by atoms with Gasteiger partial charge in [-0.05, 0) is 31.0 Å². The van der Waals surface area contributed by atoms with Gasteiger partial charge < -0.3 is 15.2 Å². The molecule has 1 aliphatic heterocycles. The number of rotatable bonds is 3. The fraction of sp³-hybridized carbons (Fsp3) is 0.538. The topological polar surface area (TPSA) is 68.3 Å². The van der Waals surface area contributed by atoms with Crippen LogP contribution >= 0.6 is 0 Å². The van der Waals surface area contributed by atoms with Crippen LogP contribution in [0.2, 0.25) is 0 Å². The lowest BCUT2D eigenvalue weighted by Gasteiger charge is -2.17. The molecule has 0 unspecified atom stereocenters. The Hall–Kier alpha value is -1.83. The van der Waals surface area contributed by atoms with Gasteiger partial charge in [0, 0.05) is 19.3 Å². The van der Waals surface area contributed by atoms with Gasteiger partial charge in [0.05, 0.1) is 0 Å². The molecule has 1 atom stereocenters. The number of likely N-dealkylation sites (tertiary alicyclic amines) is 1. The number of nitrogens with two attached hydrogens (primary N) is 1. The number of aromatic nitrogens is 1. The normalized spacial score (nSPS) is 19.0. The second-order valence-corrected chi connectivity index (χ2v) is 5.08. The summed E-state index contributed by atoms with van der Waals surface area (Å²) in [6, 6.07) is 1.83. The number of carbonyl (C=O) groups is 1. The number of hydrogen-bond acceptors (Lipinski definition) is 3. The summed E-state index contributed by atoms with van der Waals surface area (Å²) in [5.41, 5.74) is 3.06. The van der Waals surface area contributed by atoms with Crippen LogP contribution in [-0.4, -0.2) is 35.0 Å². The minimum absolute atomic E-state index is 0.215. The van der Waals surface area contributed by atoms with Gasteiger partial charge in [0.1, 0.15) is 12.1 Å². The first-order chi connectivity index (χ1) is 9.82. The SMILES string of the molecule is NC[C@H]1CCN(C(=O)Cn2cccc(C(F)(F)F)c2=O)C1. The summed E-state index contributed by atoms with van der Waals surface area (Å²) in [6.07, 6.45) is -2.76. The highest BCUT2D eigenvalue weighted by Crippen LogP contribution is 2.26. The lowest BCUT2D eigenvalue weighted by atomic mass is 10.1. The third-order valence-electron chi connectivity index (χ3n) is 3.60. The van der Waals surface area contributed by atoms with E-state index < -0.39 is 17.3 Å². The highest BCUT2D eigenvalue weighted by Gasteiger charge is 2.34. The van der Waals surface area contributed by atoms with Crippen molar-refractivity contribution in [3.05, 3.63) is 34.2 Å². The molecule has 1 aromatic rings. The first-order valence-corrected chi connectivity index (χ1v) is 6.57. The van der Waals surface area contributed by atoms with Crippen LogP contribution in [-0.2, 0) is 17.5 Å². The molecule has 2 heterocycles.